The molecule has 4 aromatic rings. The van der Waals surface area contributed by atoms with E-state index in [0.717, 1.165) is 52.7 Å². The van der Waals surface area contributed by atoms with Gasteiger partial charge in [-0.25, -0.2) is 0 Å². The fourth-order valence-corrected chi connectivity index (χ4v) is 6.27. The van der Waals surface area contributed by atoms with Crippen LogP contribution in [0.3, 0.4) is 0 Å². The molecule has 0 saturated heterocycles. The Bertz CT molecular complexity index is 1640. The summed E-state index contributed by atoms with van der Waals surface area (Å²) in [6.07, 6.45) is 3.29. The van der Waals surface area contributed by atoms with Crippen LogP contribution in [-0.4, -0.2) is 33.1 Å². The number of aryl methyl sites for hydroxylation is 4. The smallest absolute Gasteiger partial charge is 0.255 e. The van der Waals surface area contributed by atoms with E-state index in [4.69, 9.17) is 21.1 Å². The lowest BCUT2D eigenvalue weighted by atomic mass is 10.0. The number of hydrogen-bond acceptors (Lipinski definition) is 5. The van der Waals surface area contributed by atoms with Crippen molar-refractivity contribution in [2.24, 2.45) is 7.05 Å². The molecule has 0 N–H and O–H groups in total. The van der Waals surface area contributed by atoms with E-state index in [1.807, 2.05) is 29.3 Å². The highest BCUT2D eigenvalue weighted by Crippen LogP contribution is 2.37. The van der Waals surface area contributed by atoms with Crippen molar-refractivity contribution in [3.8, 4) is 11.5 Å². The maximum atomic E-state index is 14.1. The van der Waals surface area contributed by atoms with Gasteiger partial charge >= 0.3 is 0 Å². The third-order valence-corrected chi connectivity index (χ3v) is 8.67. The molecule has 0 unspecified atom stereocenters. The Morgan fingerprint density at radius 2 is 1.76 bits per heavy atom. The minimum absolute atomic E-state index is 0.00265. The summed E-state index contributed by atoms with van der Waals surface area (Å²) in [5, 5.41) is 6.25. The van der Waals surface area contributed by atoms with Gasteiger partial charge in [0.05, 0.1) is 17.8 Å². The predicted octanol–water partition coefficient (Wildman–Crippen LogP) is 5.46. The molecule has 3 heterocycles. The molecule has 2 aromatic heterocycles. The lowest BCUT2D eigenvalue weighted by Gasteiger charge is -2.26. The highest BCUT2D eigenvalue weighted by Gasteiger charge is 2.23. The summed E-state index contributed by atoms with van der Waals surface area (Å²) < 4.78 is 14.9. The Morgan fingerprint density at radius 3 is 2.47 bits per heavy atom. The molecule has 1 atom stereocenters. The molecule has 2 aromatic carbocycles. The van der Waals surface area contributed by atoms with E-state index in [1.54, 1.807) is 6.07 Å². The van der Waals surface area contributed by atoms with Crippen molar-refractivity contribution >= 4 is 22.5 Å². The number of pyridine rings is 1. The first kappa shape index (κ1) is 25.0. The van der Waals surface area contributed by atoms with Gasteiger partial charge in [-0.2, -0.15) is 5.10 Å². The lowest BCUT2D eigenvalue weighted by Crippen LogP contribution is -2.30. The van der Waals surface area contributed by atoms with Crippen molar-refractivity contribution in [1.82, 2.24) is 19.2 Å². The Labute approximate surface area is 227 Å². The first-order valence-electron chi connectivity index (χ1n) is 13.2. The van der Waals surface area contributed by atoms with E-state index >= 15 is 0 Å². The van der Waals surface area contributed by atoms with Crippen LogP contribution >= 0.6 is 11.6 Å². The maximum absolute atomic E-state index is 14.1. The van der Waals surface area contributed by atoms with Gasteiger partial charge in [-0.3, -0.25) is 14.4 Å². The van der Waals surface area contributed by atoms with Crippen LogP contribution in [0, 0.1) is 13.8 Å². The van der Waals surface area contributed by atoms with E-state index in [2.05, 4.69) is 49.1 Å². The van der Waals surface area contributed by atoms with E-state index in [1.165, 1.54) is 16.7 Å². The van der Waals surface area contributed by atoms with Gasteiger partial charge in [0.2, 0.25) is 6.79 Å². The van der Waals surface area contributed by atoms with Crippen LogP contribution in [0.15, 0.2) is 35.1 Å². The summed E-state index contributed by atoms with van der Waals surface area (Å²) in [7, 11) is 4.04. The molecule has 0 fully saturated rings. The second-order valence-electron chi connectivity index (χ2n) is 10.7. The van der Waals surface area contributed by atoms with Gasteiger partial charge in [-0.1, -0.05) is 11.6 Å². The lowest BCUT2D eigenvalue weighted by molar-refractivity contribution is 0.174. The van der Waals surface area contributed by atoms with Gasteiger partial charge < -0.3 is 14.0 Å². The largest absolute Gasteiger partial charge is 0.454 e. The number of hydrogen-bond donors (Lipinski definition) is 0. The van der Waals surface area contributed by atoms with E-state index in [9.17, 15) is 4.79 Å². The summed E-state index contributed by atoms with van der Waals surface area (Å²) in [5.41, 5.74) is 8.65. The first-order chi connectivity index (χ1) is 18.2. The molecule has 1 aliphatic heterocycles. The van der Waals surface area contributed by atoms with Crippen molar-refractivity contribution in [3.05, 3.63) is 84.9 Å². The highest BCUT2D eigenvalue weighted by molar-refractivity contribution is 6.31. The second-order valence-corrected chi connectivity index (χ2v) is 11.1. The fraction of sp³-hybridized carbons (Fsp3) is 0.400. The standard InChI is InChI=1S/C30H33ClN4O3/c1-17-29(19(3)34(5)32-17)18(2)33(4)14-24-10-22-9-20-7-6-8-21(20)11-26(22)35(30(24)36)15-23-12-27-28(13-25(23)31)38-16-37-27/h9-13,18H,6-8,14-16H2,1-5H3/t18-/m1/s1. The first-order valence-corrected chi connectivity index (χ1v) is 13.6. The Hall–Kier alpha value is -3.29. The predicted molar refractivity (Wildman–Crippen MR) is 149 cm³/mol. The number of nitrogens with zero attached hydrogens (tertiary/aromatic N) is 4. The second kappa shape index (κ2) is 9.47. The SMILES string of the molecule is Cc1nn(C)c(C)c1[C@@H](C)N(C)Cc1cc2cc3c(cc2n(Cc2cc4c(cc2Cl)OCO4)c1=O)CCC3. The average molecular weight is 533 g/mol. The number of ether oxygens (including phenoxy) is 2. The van der Waals surface area contributed by atoms with E-state index < -0.39 is 0 Å². The molecule has 0 radical (unpaired) electrons. The fourth-order valence-electron chi connectivity index (χ4n) is 6.05. The number of rotatable bonds is 6. The number of benzene rings is 2. The van der Waals surface area contributed by atoms with Crippen molar-refractivity contribution in [2.45, 2.75) is 59.2 Å². The van der Waals surface area contributed by atoms with Crippen LogP contribution in [-0.2, 0) is 33.0 Å². The molecule has 1 aliphatic carbocycles. The van der Waals surface area contributed by atoms with Gasteiger partial charge in [0, 0.05) is 47.5 Å². The minimum Gasteiger partial charge on any atom is -0.454 e. The Kier molecular flexibility index (Phi) is 6.23. The van der Waals surface area contributed by atoms with E-state index in [-0.39, 0.29) is 18.4 Å². The van der Waals surface area contributed by atoms with Crippen LogP contribution in [0.1, 0.15) is 58.6 Å². The zero-order valence-corrected chi connectivity index (χ0v) is 23.4. The summed E-state index contributed by atoms with van der Waals surface area (Å²) in [4.78, 5) is 16.3. The quantitative estimate of drug-likeness (QED) is 0.330. The monoisotopic (exact) mass is 532 g/mol. The Balaban J connectivity index is 1.43. The zero-order chi connectivity index (χ0) is 26.7. The van der Waals surface area contributed by atoms with E-state index in [0.29, 0.717) is 29.6 Å². The Morgan fingerprint density at radius 1 is 1.05 bits per heavy atom. The molecule has 7 nitrogen and oxygen atoms in total. The molecule has 0 saturated carbocycles. The third-order valence-electron chi connectivity index (χ3n) is 8.32. The molecular formula is C30H33ClN4O3. The maximum Gasteiger partial charge on any atom is 0.255 e. The van der Waals surface area contributed by atoms with Crippen LogP contribution in [0.4, 0.5) is 0 Å². The molecule has 6 rings (SSSR count). The highest BCUT2D eigenvalue weighted by atomic mass is 35.5. The summed E-state index contributed by atoms with van der Waals surface area (Å²) in [5.74, 6) is 1.30. The van der Waals surface area contributed by atoms with Crippen molar-refractivity contribution in [3.63, 3.8) is 0 Å². The van der Waals surface area contributed by atoms with Gasteiger partial charge in [0.1, 0.15) is 0 Å². The van der Waals surface area contributed by atoms with Gasteiger partial charge in [-0.15, -0.1) is 0 Å². The molecule has 0 bridgehead atoms. The number of halogens is 1. The minimum atomic E-state index is 0.00265. The van der Waals surface area contributed by atoms with Gasteiger partial charge in [0.25, 0.3) is 5.56 Å². The topological polar surface area (TPSA) is 61.5 Å². The summed E-state index contributed by atoms with van der Waals surface area (Å²) in [6, 6.07) is 10.3. The van der Waals surface area contributed by atoms with Crippen LogP contribution in [0.25, 0.3) is 10.9 Å². The molecule has 0 amide bonds. The van der Waals surface area contributed by atoms with Crippen LogP contribution < -0.4 is 15.0 Å². The van der Waals surface area contributed by atoms with Crippen molar-refractivity contribution < 1.29 is 9.47 Å². The third kappa shape index (κ3) is 4.18. The normalized spacial score (nSPS) is 15.0. The molecule has 2 aliphatic rings. The molecule has 198 valence electrons. The van der Waals surface area contributed by atoms with Crippen LogP contribution in [0.5, 0.6) is 11.5 Å². The molecule has 0 spiro atoms. The number of aromatic nitrogens is 3. The molecule has 8 heteroatoms. The van der Waals surface area contributed by atoms with Gasteiger partial charge in [0.15, 0.2) is 11.5 Å². The average Bonchev–Trinajstić information content (AvgIpc) is 3.59. The van der Waals surface area contributed by atoms with Crippen molar-refractivity contribution in [1.29, 1.82) is 0 Å². The summed E-state index contributed by atoms with van der Waals surface area (Å²) >= 11 is 6.65. The molecular weight excluding hydrogens is 500 g/mol. The molecule has 38 heavy (non-hydrogen) atoms. The van der Waals surface area contributed by atoms with Crippen molar-refractivity contribution in [2.75, 3.05) is 13.8 Å². The van der Waals surface area contributed by atoms with Gasteiger partial charge in [-0.05, 0) is 93.4 Å². The zero-order valence-electron chi connectivity index (χ0n) is 22.6. The summed E-state index contributed by atoms with van der Waals surface area (Å²) in [6.45, 7) is 7.38. The number of fused-ring (bicyclic) bond motifs is 3. The van der Waals surface area contributed by atoms with Crippen LogP contribution in [0.2, 0.25) is 5.02 Å².